The molecule has 20 heavy (non-hydrogen) atoms. The molecule has 1 aromatic carbocycles. The van der Waals surface area contributed by atoms with Crippen molar-refractivity contribution >= 4 is 22.4 Å². The molecule has 0 fully saturated rings. The van der Waals surface area contributed by atoms with E-state index in [-0.39, 0.29) is 23.3 Å². The third-order valence-electron chi connectivity index (χ3n) is 2.56. The molecule has 1 rings (SSSR count). The van der Waals surface area contributed by atoms with Crippen molar-refractivity contribution in [3.8, 4) is 11.5 Å². The zero-order chi connectivity index (χ0) is 14.5. The second-order valence-corrected chi connectivity index (χ2v) is 5.95. The maximum absolute atomic E-state index is 12.0. The van der Waals surface area contributed by atoms with Crippen LogP contribution < -0.4 is 19.9 Å². The lowest BCUT2D eigenvalue weighted by molar-refractivity contribution is 0.354. The molecule has 0 bridgehead atoms. The summed E-state index contributed by atoms with van der Waals surface area (Å²) in [5.74, 6) is 0.856. The van der Waals surface area contributed by atoms with Gasteiger partial charge in [0, 0.05) is 18.7 Å². The second kappa shape index (κ2) is 8.31. The highest BCUT2D eigenvalue weighted by molar-refractivity contribution is 7.89. The van der Waals surface area contributed by atoms with Gasteiger partial charge in [0.25, 0.3) is 0 Å². The first kappa shape index (κ1) is 19.0. The van der Waals surface area contributed by atoms with Crippen LogP contribution in [-0.2, 0) is 10.0 Å². The number of rotatable bonds is 7. The Kier molecular flexibility index (Phi) is 7.88. The maximum atomic E-state index is 12.0. The number of ether oxygens (including phenoxy) is 2. The Morgan fingerprint density at radius 1 is 1.25 bits per heavy atom. The highest BCUT2D eigenvalue weighted by Crippen LogP contribution is 2.29. The van der Waals surface area contributed by atoms with Gasteiger partial charge in [0.1, 0.15) is 0 Å². The van der Waals surface area contributed by atoms with E-state index < -0.39 is 10.0 Å². The molecule has 0 spiro atoms. The lowest BCUT2D eigenvalue weighted by Gasteiger charge is -2.11. The number of benzene rings is 1. The number of nitrogens with two attached hydrogens (primary N) is 1. The van der Waals surface area contributed by atoms with Crippen molar-refractivity contribution in [1.82, 2.24) is 4.72 Å². The molecule has 1 unspecified atom stereocenters. The molecule has 0 aromatic heterocycles. The van der Waals surface area contributed by atoms with Crippen LogP contribution in [-0.4, -0.2) is 35.2 Å². The van der Waals surface area contributed by atoms with Crippen molar-refractivity contribution < 1.29 is 17.9 Å². The van der Waals surface area contributed by atoms with Crippen LogP contribution in [0.2, 0.25) is 0 Å². The number of nitrogens with one attached hydrogen (secondary N) is 1. The molecule has 1 atom stereocenters. The van der Waals surface area contributed by atoms with Crippen LogP contribution >= 0.6 is 12.4 Å². The van der Waals surface area contributed by atoms with Gasteiger partial charge >= 0.3 is 0 Å². The average Bonchev–Trinajstić information content (AvgIpc) is 2.37. The number of hydrogen-bond donors (Lipinski definition) is 2. The molecular weight excluding hydrogens is 304 g/mol. The summed E-state index contributed by atoms with van der Waals surface area (Å²) in [6.07, 6.45) is 0.576. The summed E-state index contributed by atoms with van der Waals surface area (Å²) >= 11 is 0. The minimum Gasteiger partial charge on any atom is -0.493 e. The smallest absolute Gasteiger partial charge is 0.240 e. The van der Waals surface area contributed by atoms with Crippen LogP contribution in [0.3, 0.4) is 0 Å². The Balaban J connectivity index is 0.00000361. The molecule has 0 aliphatic rings. The van der Waals surface area contributed by atoms with Gasteiger partial charge in [-0.15, -0.1) is 12.4 Å². The van der Waals surface area contributed by atoms with Crippen LogP contribution in [0.4, 0.5) is 0 Å². The molecule has 0 saturated carbocycles. The van der Waals surface area contributed by atoms with E-state index in [1.54, 1.807) is 6.07 Å². The molecule has 0 amide bonds. The van der Waals surface area contributed by atoms with E-state index in [2.05, 4.69) is 4.72 Å². The summed E-state index contributed by atoms with van der Waals surface area (Å²) in [4.78, 5) is 0.134. The fourth-order valence-corrected chi connectivity index (χ4v) is 2.55. The van der Waals surface area contributed by atoms with E-state index in [4.69, 9.17) is 15.2 Å². The zero-order valence-corrected chi connectivity index (χ0v) is 13.4. The molecule has 116 valence electrons. The Morgan fingerprint density at radius 3 is 2.35 bits per heavy atom. The third-order valence-corrected chi connectivity index (χ3v) is 4.02. The molecule has 3 N–H and O–H groups in total. The highest BCUT2D eigenvalue weighted by atomic mass is 35.5. The minimum atomic E-state index is -3.55. The Morgan fingerprint density at radius 2 is 1.85 bits per heavy atom. The number of methoxy groups -OCH3 is 2. The summed E-state index contributed by atoms with van der Waals surface area (Å²) in [7, 11) is -0.606. The predicted molar refractivity (Wildman–Crippen MR) is 80.2 cm³/mol. The summed E-state index contributed by atoms with van der Waals surface area (Å²) in [6, 6.07) is 4.40. The lowest BCUT2D eigenvalue weighted by atomic mass is 10.3. The summed E-state index contributed by atoms with van der Waals surface area (Å²) in [6.45, 7) is 2.12. The van der Waals surface area contributed by atoms with Gasteiger partial charge in [-0.3, -0.25) is 0 Å². The van der Waals surface area contributed by atoms with Gasteiger partial charge in [-0.25, -0.2) is 13.1 Å². The van der Waals surface area contributed by atoms with Crippen LogP contribution in [0.5, 0.6) is 11.5 Å². The Bertz CT molecular complexity index is 520. The largest absolute Gasteiger partial charge is 0.493 e. The van der Waals surface area contributed by atoms with Crippen LogP contribution in [0.1, 0.15) is 13.3 Å². The van der Waals surface area contributed by atoms with E-state index in [9.17, 15) is 8.42 Å². The van der Waals surface area contributed by atoms with Crippen LogP contribution in [0.15, 0.2) is 23.1 Å². The Labute approximate surface area is 126 Å². The number of halogens is 1. The first-order valence-corrected chi connectivity index (χ1v) is 7.36. The predicted octanol–water partition coefficient (Wildman–Crippen LogP) is 1.14. The maximum Gasteiger partial charge on any atom is 0.240 e. The van der Waals surface area contributed by atoms with Gasteiger partial charge in [0.2, 0.25) is 10.0 Å². The van der Waals surface area contributed by atoms with Crippen LogP contribution in [0, 0.1) is 0 Å². The van der Waals surface area contributed by atoms with Gasteiger partial charge in [-0.2, -0.15) is 0 Å². The number of hydrogen-bond acceptors (Lipinski definition) is 5. The standard InChI is InChI=1S/C12H20N2O4S.ClH/c1-9(13)6-7-14-19(15,16)10-4-5-11(17-2)12(8-10)18-3;/h4-5,8-9,14H,6-7,13H2,1-3H3;1H. The summed E-state index contributed by atoms with van der Waals surface area (Å²) in [5.41, 5.74) is 5.57. The first-order chi connectivity index (χ1) is 8.90. The van der Waals surface area contributed by atoms with E-state index in [1.165, 1.54) is 26.4 Å². The SMILES string of the molecule is COc1ccc(S(=O)(=O)NCCC(C)N)cc1OC.Cl. The highest BCUT2D eigenvalue weighted by Gasteiger charge is 2.16. The van der Waals surface area contributed by atoms with Gasteiger partial charge in [-0.1, -0.05) is 0 Å². The summed E-state index contributed by atoms with van der Waals surface area (Å²) < 4.78 is 36.7. The molecule has 8 heteroatoms. The normalized spacial score (nSPS) is 12.4. The second-order valence-electron chi connectivity index (χ2n) is 4.18. The molecule has 0 saturated heterocycles. The molecule has 0 aliphatic heterocycles. The summed E-state index contributed by atoms with van der Waals surface area (Å²) in [5, 5.41) is 0. The monoisotopic (exact) mass is 324 g/mol. The topological polar surface area (TPSA) is 90.7 Å². The number of sulfonamides is 1. The van der Waals surface area contributed by atoms with Crippen molar-refractivity contribution in [2.75, 3.05) is 20.8 Å². The van der Waals surface area contributed by atoms with Gasteiger partial charge < -0.3 is 15.2 Å². The molecule has 0 radical (unpaired) electrons. The van der Waals surface area contributed by atoms with Crippen molar-refractivity contribution in [2.45, 2.75) is 24.3 Å². The van der Waals surface area contributed by atoms with Gasteiger partial charge in [-0.05, 0) is 25.5 Å². The van der Waals surface area contributed by atoms with Gasteiger partial charge in [0.15, 0.2) is 11.5 Å². The third kappa shape index (κ3) is 5.16. The van der Waals surface area contributed by atoms with Crippen molar-refractivity contribution in [1.29, 1.82) is 0 Å². The minimum absolute atomic E-state index is 0. The van der Waals surface area contributed by atoms with Gasteiger partial charge in [0.05, 0.1) is 19.1 Å². The Hall–Kier alpha value is -1.02. The van der Waals surface area contributed by atoms with Crippen molar-refractivity contribution in [2.24, 2.45) is 5.73 Å². The van der Waals surface area contributed by atoms with Crippen LogP contribution in [0.25, 0.3) is 0 Å². The fourth-order valence-electron chi connectivity index (χ4n) is 1.49. The molecule has 1 aromatic rings. The van der Waals surface area contributed by atoms with Crippen molar-refractivity contribution in [3.05, 3.63) is 18.2 Å². The van der Waals surface area contributed by atoms with E-state index >= 15 is 0 Å². The average molecular weight is 325 g/mol. The quantitative estimate of drug-likeness (QED) is 0.785. The molecular formula is C12H21ClN2O4S. The lowest BCUT2D eigenvalue weighted by Crippen LogP contribution is -2.29. The van der Waals surface area contributed by atoms with E-state index in [0.29, 0.717) is 24.5 Å². The van der Waals surface area contributed by atoms with E-state index in [0.717, 1.165) is 0 Å². The zero-order valence-electron chi connectivity index (χ0n) is 11.8. The molecule has 0 heterocycles. The fraction of sp³-hybridized carbons (Fsp3) is 0.500. The first-order valence-electron chi connectivity index (χ1n) is 5.88. The molecule has 6 nitrogen and oxygen atoms in total. The van der Waals surface area contributed by atoms with Crippen molar-refractivity contribution in [3.63, 3.8) is 0 Å². The van der Waals surface area contributed by atoms with E-state index in [1.807, 2.05) is 6.92 Å². The molecule has 0 aliphatic carbocycles.